The van der Waals surface area contributed by atoms with Crippen molar-refractivity contribution in [3.05, 3.63) is 54.2 Å². The summed E-state index contributed by atoms with van der Waals surface area (Å²) in [5, 5.41) is 7.49. The third-order valence-electron chi connectivity index (χ3n) is 3.03. The fourth-order valence-electron chi connectivity index (χ4n) is 1.91. The lowest BCUT2D eigenvalue weighted by Crippen LogP contribution is -2.15. The van der Waals surface area contributed by atoms with Crippen molar-refractivity contribution in [1.82, 2.24) is 14.6 Å². The van der Waals surface area contributed by atoms with Crippen molar-refractivity contribution in [3.63, 3.8) is 0 Å². The molecule has 0 bridgehead atoms. The molecule has 0 saturated carbocycles. The largest absolute Gasteiger partial charge is 0.416 e. The molecule has 0 aliphatic heterocycles. The molecule has 0 amide bonds. The third-order valence-corrected chi connectivity index (χ3v) is 4.38. The van der Waals surface area contributed by atoms with Crippen molar-refractivity contribution < 1.29 is 21.6 Å². The third kappa shape index (κ3) is 2.97. The smallest absolute Gasteiger partial charge is 0.268 e. The molecule has 23 heavy (non-hydrogen) atoms. The minimum atomic E-state index is -4.53. The molecule has 3 rings (SSSR count). The first-order valence-corrected chi connectivity index (χ1v) is 7.75. The number of sulfonamides is 1. The predicted molar refractivity (Wildman–Crippen MR) is 75.2 cm³/mol. The van der Waals surface area contributed by atoms with Crippen molar-refractivity contribution in [2.45, 2.75) is 11.1 Å². The zero-order valence-corrected chi connectivity index (χ0v) is 12.1. The normalized spacial score (nSPS) is 12.5. The summed E-state index contributed by atoms with van der Waals surface area (Å²) >= 11 is 0. The number of pyridine rings is 1. The Morgan fingerprint density at radius 1 is 1.00 bits per heavy atom. The number of rotatable bonds is 3. The Labute approximate surface area is 128 Å². The summed E-state index contributed by atoms with van der Waals surface area (Å²) in [4.78, 5) is -0.307. The summed E-state index contributed by atoms with van der Waals surface area (Å²) in [5.41, 5.74) is -0.498. The molecule has 0 aliphatic rings. The highest BCUT2D eigenvalue weighted by atomic mass is 32.2. The van der Waals surface area contributed by atoms with Crippen LogP contribution in [0.3, 0.4) is 0 Å². The lowest BCUT2D eigenvalue weighted by molar-refractivity contribution is -0.137. The Morgan fingerprint density at radius 2 is 1.70 bits per heavy atom. The zero-order chi connectivity index (χ0) is 16.7. The number of halogens is 3. The summed E-state index contributed by atoms with van der Waals surface area (Å²) in [6.07, 6.45) is -2.97. The highest BCUT2D eigenvalue weighted by Gasteiger charge is 2.30. The van der Waals surface area contributed by atoms with Gasteiger partial charge in [-0.25, -0.2) is 13.1 Å². The molecule has 2 aromatic heterocycles. The number of anilines is 1. The van der Waals surface area contributed by atoms with Gasteiger partial charge in [0.05, 0.1) is 10.5 Å². The van der Waals surface area contributed by atoms with E-state index in [0.717, 1.165) is 12.1 Å². The molecule has 0 spiro atoms. The van der Waals surface area contributed by atoms with Gasteiger partial charge in [-0.05, 0) is 36.4 Å². The highest BCUT2D eigenvalue weighted by Crippen LogP contribution is 2.29. The summed E-state index contributed by atoms with van der Waals surface area (Å²) in [6, 6.07) is 8.17. The molecule has 0 atom stereocenters. The van der Waals surface area contributed by atoms with E-state index in [2.05, 4.69) is 14.9 Å². The summed E-state index contributed by atoms with van der Waals surface area (Å²) in [5.74, 6) is -0.0551. The van der Waals surface area contributed by atoms with Crippen LogP contribution in [0.1, 0.15) is 5.56 Å². The maximum atomic E-state index is 12.5. The minimum Gasteiger partial charge on any atom is -0.268 e. The number of fused-ring (bicyclic) bond motifs is 1. The minimum absolute atomic E-state index is 0.0551. The van der Waals surface area contributed by atoms with Gasteiger partial charge in [-0.15, -0.1) is 10.2 Å². The van der Waals surface area contributed by atoms with Gasteiger partial charge in [0.25, 0.3) is 10.0 Å². The van der Waals surface area contributed by atoms with Gasteiger partial charge < -0.3 is 0 Å². The Bertz CT molecular complexity index is 949. The number of aromatic nitrogens is 3. The molecule has 0 fully saturated rings. The van der Waals surface area contributed by atoms with E-state index in [0.29, 0.717) is 17.8 Å². The fourth-order valence-corrected chi connectivity index (χ4v) is 2.90. The van der Waals surface area contributed by atoms with Gasteiger partial charge in [0.1, 0.15) is 0 Å². The first-order valence-electron chi connectivity index (χ1n) is 6.27. The second-order valence-electron chi connectivity index (χ2n) is 4.58. The van der Waals surface area contributed by atoms with Gasteiger partial charge >= 0.3 is 6.18 Å². The van der Waals surface area contributed by atoms with E-state index >= 15 is 0 Å². The molecule has 1 aromatic carbocycles. The van der Waals surface area contributed by atoms with Gasteiger partial charge in [0.15, 0.2) is 5.65 Å². The molecular weight excluding hydrogens is 333 g/mol. The van der Waals surface area contributed by atoms with E-state index in [4.69, 9.17) is 0 Å². The predicted octanol–water partition coefficient (Wildman–Crippen LogP) is 2.55. The molecule has 10 heteroatoms. The van der Waals surface area contributed by atoms with Crippen LogP contribution >= 0.6 is 0 Å². The molecule has 0 saturated heterocycles. The first-order chi connectivity index (χ1) is 10.8. The lowest BCUT2D eigenvalue weighted by Gasteiger charge is -2.09. The summed E-state index contributed by atoms with van der Waals surface area (Å²) in [6.45, 7) is 0. The van der Waals surface area contributed by atoms with Crippen LogP contribution in [0.5, 0.6) is 0 Å². The van der Waals surface area contributed by atoms with E-state index in [-0.39, 0.29) is 10.8 Å². The van der Waals surface area contributed by atoms with E-state index in [1.54, 1.807) is 24.4 Å². The number of alkyl halides is 3. The molecule has 2 heterocycles. The average molecular weight is 342 g/mol. The van der Waals surface area contributed by atoms with E-state index in [1.807, 2.05) is 0 Å². The number of nitrogens with one attached hydrogen (secondary N) is 1. The monoisotopic (exact) mass is 342 g/mol. The standard InChI is InChI=1S/C13H9F3N4O2S/c14-13(15,16)9-4-6-10(7-5-9)23(21,22)19-12-18-17-11-3-1-2-8-20(11)12/h1-8H,(H,18,19). The number of nitrogens with zero attached hydrogens (tertiary/aromatic N) is 3. The SMILES string of the molecule is O=S(=O)(Nc1nnc2ccccn12)c1ccc(C(F)(F)F)cc1. The van der Waals surface area contributed by atoms with Gasteiger partial charge in [-0.1, -0.05) is 6.07 Å². The van der Waals surface area contributed by atoms with E-state index in [9.17, 15) is 21.6 Å². The van der Waals surface area contributed by atoms with Gasteiger partial charge in [-0.2, -0.15) is 13.2 Å². The molecule has 0 aliphatic carbocycles. The molecule has 0 radical (unpaired) electrons. The Kier molecular flexibility index (Phi) is 3.48. The van der Waals surface area contributed by atoms with Crippen LogP contribution in [0.4, 0.5) is 19.1 Å². The summed E-state index contributed by atoms with van der Waals surface area (Å²) in [7, 11) is -4.08. The van der Waals surface area contributed by atoms with Crippen LogP contribution in [0.2, 0.25) is 0 Å². The summed E-state index contributed by atoms with van der Waals surface area (Å²) < 4.78 is 65.6. The van der Waals surface area contributed by atoms with Crippen LogP contribution < -0.4 is 4.72 Å². The number of benzene rings is 1. The van der Waals surface area contributed by atoms with E-state index < -0.39 is 21.8 Å². The molecule has 6 nitrogen and oxygen atoms in total. The first kappa shape index (κ1) is 15.3. The Hall–Kier alpha value is -2.62. The second kappa shape index (κ2) is 5.23. The Balaban J connectivity index is 1.93. The van der Waals surface area contributed by atoms with Crippen LogP contribution in [0, 0.1) is 0 Å². The highest BCUT2D eigenvalue weighted by molar-refractivity contribution is 7.92. The van der Waals surface area contributed by atoms with Crippen molar-refractivity contribution in [3.8, 4) is 0 Å². The van der Waals surface area contributed by atoms with Crippen molar-refractivity contribution >= 4 is 21.6 Å². The molecular formula is C13H9F3N4O2S. The van der Waals surface area contributed by atoms with E-state index in [1.165, 1.54) is 4.40 Å². The maximum absolute atomic E-state index is 12.5. The van der Waals surface area contributed by atoms with Crippen molar-refractivity contribution in [2.75, 3.05) is 4.72 Å². The van der Waals surface area contributed by atoms with Crippen LogP contribution in [-0.4, -0.2) is 23.0 Å². The van der Waals surface area contributed by atoms with Gasteiger partial charge in [0.2, 0.25) is 5.95 Å². The van der Waals surface area contributed by atoms with Crippen molar-refractivity contribution in [1.29, 1.82) is 0 Å². The van der Waals surface area contributed by atoms with Crippen LogP contribution in [0.15, 0.2) is 53.6 Å². The molecule has 1 N–H and O–H groups in total. The Morgan fingerprint density at radius 3 is 2.35 bits per heavy atom. The van der Waals surface area contributed by atoms with Gasteiger partial charge in [-0.3, -0.25) is 4.40 Å². The lowest BCUT2D eigenvalue weighted by atomic mass is 10.2. The maximum Gasteiger partial charge on any atom is 0.416 e. The zero-order valence-electron chi connectivity index (χ0n) is 11.3. The number of hydrogen-bond acceptors (Lipinski definition) is 4. The van der Waals surface area contributed by atoms with Crippen LogP contribution in [-0.2, 0) is 16.2 Å². The second-order valence-corrected chi connectivity index (χ2v) is 6.26. The van der Waals surface area contributed by atoms with Crippen molar-refractivity contribution in [2.24, 2.45) is 0 Å². The quantitative estimate of drug-likeness (QED) is 0.794. The van der Waals surface area contributed by atoms with Crippen LogP contribution in [0.25, 0.3) is 5.65 Å². The molecule has 120 valence electrons. The van der Waals surface area contributed by atoms with Gasteiger partial charge in [0, 0.05) is 6.20 Å². The topological polar surface area (TPSA) is 76.4 Å². The molecule has 0 unspecified atom stereocenters. The average Bonchev–Trinajstić information content (AvgIpc) is 2.89. The number of hydrogen-bond donors (Lipinski definition) is 1. The fraction of sp³-hybridized carbons (Fsp3) is 0.0769. The molecule has 3 aromatic rings.